The number of epoxide rings is 1. The van der Waals surface area contributed by atoms with Crippen molar-refractivity contribution in [2.24, 2.45) is 16.8 Å². The quantitative estimate of drug-likeness (QED) is 0.240. The number of nitrogens with two attached hydrogens (primary N) is 2. The van der Waals surface area contributed by atoms with E-state index in [9.17, 15) is 0 Å². The molecule has 1 aromatic heterocycles. The van der Waals surface area contributed by atoms with E-state index in [2.05, 4.69) is 10.1 Å². The Morgan fingerprint density at radius 3 is 3.00 bits per heavy atom. The fourth-order valence-electron chi connectivity index (χ4n) is 1.39. The summed E-state index contributed by atoms with van der Waals surface area (Å²) in [6, 6.07) is 1.92. The Hall–Kier alpha value is -1.66. The van der Waals surface area contributed by atoms with Crippen LogP contribution in [0.4, 0.5) is 5.69 Å². The highest BCUT2D eigenvalue weighted by molar-refractivity contribution is 5.77. The van der Waals surface area contributed by atoms with E-state index in [1.165, 1.54) is 11.3 Å². The van der Waals surface area contributed by atoms with Crippen LogP contribution in [0.1, 0.15) is 17.4 Å². The highest BCUT2D eigenvalue weighted by Gasteiger charge is 2.27. The molecule has 1 atom stereocenters. The van der Waals surface area contributed by atoms with Crippen molar-refractivity contribution < 1.29 is 4.74 Å². The lowest BCUT2D eigenvalue weighted by molar-refractivity contribution is 0.410. The molecule has 0 unspecified atom stereocenters. The van der Waals surface area contributed by atoms with Crippen molar-refractivity contribution in [3.8, 4) is 0 Å². The van der Waals surface area contributed by atoms with E-state index in [4.69, 9.17) is 16.4 Å². The molecule has 1 aliphatic rings. The molecule has 0 bridgehead atoms. The van der Waals surface area contributed by atoms with Crippen LogP contribution in [0.15, 0.2) is 17.4 Å². The molecule has 80 valence electrons. The molecule has 0 radical (unpaired) electrons. The second-order valence-corrected chi connectivity index (χ2v) is 3.39. The number of rotatable bonds is 3. The second-order valence-electron chi connectivity index (χ2n) is 3.39. The van der Waals surface area contributed by atoms with Gasteiger partial charge in [-0.25, -0.2) is 5.84 Å². The van der Waals surface area contributed by atoms with Gasteiger partial charge >= 0.3 is 0 Å². The van der Waals surface area contributed by atoms with Crippen molar-refractivity contribution in [1.82, 2.24) is 4.98 Å². The molecule has 6 nitrogen and oxygen atoms in total. The van der Waals surface area contributed by atoms with Crippen LogP contribution < -0.4 is 16.7 Å². The number of hydrazone groups is 1. The third-order valence-electron chi connectivity index (χ3n) is 2.23. The van der Waals surface area contributed by atoms with Gasteiger partial charge in [0, 0.05) is 0 Å². The summed E-state index contributed by atoms with van der Waals surface area (Å²) in [6.45, 7) is 2.73. The minimum Gasteiger partial charge on any atom is -0.366 e. The van der Waals surface area contributed by atoms with Crippen molar-refractivity contribution in [3.63, 3.8) is 0 Å². The number of anilines is 1. The highest BCUT2D eigenvalue weighted by Crippen LogP contribution is 2.31. The van der Waals surface area contributed by atoms with Gasteiger partial charge < -0.3 is 10.6 Å². The Labute approximate surface area is 87.5 Å². The van der Waals surface area contributed by atoms with Crippen LogP contribution in [0, 0.1) is 6.92 Å². The molecule has 2 heterocycles. The molecular weight excluding hydrogens is 194 g/mol. The van der Waals surface area contributed by atoms with Gasteiger partial charge in [-0.1, -0.05) is 0 Å². The summed E-state index contributed by atoms with van der Waals surface area (Å²) in [5, 5.41) is 4.65. The summed E-state index contributed by atoms with van der Waals surface area (Å²) in [5.74, 6) is 10.6. The number of aromatic nitrogens is 1. The van der Waals surface area contributed by atoms with Crippen LogP contribution in [-0.4, -0.2) is 17.9 Å². The minimum atomic E-state index is 0.161. The van der Waals surface area contributed by atoms with Crippen molar-refractivity contribution in [2.75, 3.05) is 11.6 Å². The fourth-order valence-corrected chi connectivity index (χ4v) is 1.39. The molecule has 15 heavy (non-hydrogen) atoms. The van der Waals surface area contributed by atoms with Gasteiger partial charge in [0.1, 0.15) is 12.4 Å². The average Bonchev–Trinajstić information content (AvgIpc) is 3.01. The van der Waals surface area contributed by atoms with Gasteiger partial charge in [0.05, 0.1) is 24.2 Å². The molecule has 0 aromatic carbocycles. The third kappa shape index (κ3) is 2.05. The van der Waals surface area contributed by atoms with E-state index in [-0.39, 0.29) is 6.10 Å². The first-order valence-electron chi connectivity index (χ1n) is 4.58. The zero-order valence-corrected chi connectivity index (χ0v) is 8.42. The summed E-state index contributed by atoms with van der Waals surface area (Å²) in [4.78, 5) is 4.29. The number of pyridine rings is 1. The molecule has 1 aliphatic heterocycles. The predicted molar refractivity (Wildman–Crippen MR) is 57.0 cm³/mol. The lowest BCUT2D eigenvalue weighted by Crippen LogP contribution is -2.29. The van der Waals surface area contributed by atoms with Crippen LogP contribution in [-0.2, 0) is 4.74 Å². The smallest absolute Gasteiger partial charge is 0.129 e. The summed E-state index contributed by atoms with van der Waals surface area (Å²) < 4.78 is 5.17. The van der Waals surface area contributed by atoms with Gasteiger partial charge in [-0.3, -0.25) is 9.99 Å². The van der Waals surface area contributed by atoms with Gasteiger partial charge in [0.25, 0.3) is 0 Å². The van der Waals surface area contributed by atoms with Gasteiger partial charge in [-0.15, -0.1) is 0 Å². The molecule has 0 amide bonds. The summed E-state index contributed by atoms with van der Waals surface area (Å²) in [6.07, 6.45) is 3.16. The van der Waals surface area contributed by atoms with Gasteiger partial charge in [0.15, 0.2) is 0 Å². The Morgan fingerprint density at radius 1 is 1.73 bits per heavy atom. The van der Waals surface area contributed by atoms with E-state index in [1.54, 1.807) is 6.20 Å². The monoisotopic (exact) mass is 207 g/mol. The molecule has 1 fully saturated rings. The number of hydrazine groups is 1. The maximum atomic E-state index is 5.65. The first-order chi connectivity index (χ1) is 7.22. The first kappa shape index (κ1) is 9.88. The average molecular weight is 207 g/mol. The van der Waals surface area contributed by atoms with Crippen molar-refractivity contribution in [1.29, 1.82) is 0 Å². The summed E-state index contributed by atoms with van der Waals surface area (Å²) >= 11 is 0. The zero-order chi connectivity index (χ0) is 10.8. The number of hydrogen-bond acceptors (Lipinski definition) is 5. The third-order valence-corrected chi connectivity index (χ3v) is 2.23. The Balaban J connectivity index is 2.24. The highest BCUT2D eigenvalue weighted by atomic mass is 16.6. The summed E-state index contributed by atoms with van der Waals surface area (Å²) in [7, 11) is 0. The first-order valence-corrected chi connectivity index (χ1v) is 4.58. The van der Waals surface area contributed by atoms with Crippen LogP contribution in [0.5, 0.6) is 0 Å². The maximum Gasteiger partial charge on any atom is 0.129 e. The molecule has 0 saturated carbocycles. The van der Waals surface area contributed by atoms with E-state index >= 15 is 0 Å². The molecule has 0 aliphatic carbocycles. The lowest BCUT2D eigenvalue weighted by atomic mass is 10.1. The number of aryl methyl sites for hydroxylation is 1. The SMILES string of the molecule is Cc1cc(N(N)/C=N\N)cnc1[C@@H]1CO1. The van der Waals surface area contributed by atoms with Crippen LogP contribution in [0.3, 0.4) is 0 Å². The summed E-state index contributed by atoms with van der Waals surface area (Å²) in [5.41, 5.74) is 2.76. The van der Waals surface area contributed by atoms with E-state index in [1.807, 2.05) is 13.0 Å². The fraction of sp³-hybridized carbons (Fsp3) is 0.333. The molecule has 1 saturated heterocycles. The standard InChI is InChI=1S/C9H13N5O/c1-6-2-7(14(11)5-13-10)3-12-9(6)8-4-15-8/h2-3,5,8H,4,10-11H2,1H3/b13-5-/t8-/m0/s1. The van der Waals surface area contributed by atoms with Gasteiger partial charge in [-0.05, 0) is 18.6 Å². The van der Waals surface area contributed by atoms with Crippen LogP contribution in [0.25, 0.3) is 0 Å². The van der Waals surface area contributed by atoms with E-state index < -0.39 is 0 Å². The van der Waals surface area contributed by atoms with Crippen molar-refractivity contribution in [2.45, 2.75) is 13.0 Å². The van der Waals surface area contributed by atoms with Gasteiger partial charge in [0.2, 0.25) is 0 Å². The van der Waals surface area contributed by atoms with Crippen molar-refractivity contribution in [3.05, 3.63) is 23.5 Å². The normalized spacial score (nSPS) is 19.5. The zero-order valence-electron chi connectivity index (χ0n) is 8.42. The lowest BCUT2D eigenvalue weighted by Gasteiger charge is -2.13. The van der Waals surface area contributed by atoms with Crippen molar-refractivity contribution >= 4 is 12.0 Å². The van der Waals surface area contributed by atoms with Gasteiger partial charge in [-0.2, -0.15) is 5.10 Å². The van der Waals surface area contributed by atoms with E-state index in [0.29, 0.717) is 0 Å². The number of hydrogen-bond donors (Lipinski definition) is 2. The predicted octanol–water partition coefficient (Wildman–Crippen LogP) is 0.0434. The largest absolute Gasteiger partial charge is 0.366 e. The molecular formula is C9H13N5O. The molecule has 2 rings (SSSR count). The Kier molecular flexibility index (Phi) is 2.53. The maximum absolute atomic E-state index is 5.65. The Morgan fingerprint density at radius 2 is 2.47 bits per heavy atom. The molecule has 0 spiro atoms. The molecule has 6 heteroatoms. The topological polar surface area (TPSA) is 93.1 Å². The van der Waals surface area contributed by atoms with E-state index in [0.717, 1.165) is 23.6 Å². The number of nitrogens with zero attached hydrogens (tertiary/aromatic N) is 3. The van der Waals surface area contributed by atoms with Crippen LogP contribution >= 0.6 is 0 Å². The Bertz CT molecular complexity index is 388. The van der Waals surface area contributed by atoms with Crippen LogP contribution in [0.2, 0.25) is 0 Å². The minimum absolute atomic E-state index is 0.161. The second kappa shape index (κ2) is 3.84. The number of ether oxygens (including phenoxy) is 1. The molecule has 4 N–H and O–H groups in total. The molecule has 1 aromatic rings.